The van der Waals surface area contributed by atoms with Crippen molar-refractivity contribution < 1.29 is 9.59 Å². The highest BCUT2D eigenvalue weighted by molar-refractivity contribution is 7.14. The van der Waals surface area contributed by atoms with E-state index < -0.39 is 0 Å². The molecule has 2 aromatic rings. The summed E-state index contributed by atoms with van der Waals surface area (Å²) < 4.78 is 0. The maximum atomic E-state index is 12.7. The van der Waals surface area contributed by atoms with Crippen LogP contribution in [0, 0.1) is 19.8 Å². The number of aryl methyl sites for hydroxylation is 3. The molecule has 2 amide bonds. The highest BCUT2D eigenvalue weighted by Gasteiger charge is 2.28. The smallest absolute Gasteiger partial charge is 0.263 e. The first-order valence-electron chi connectivity index (χ1n) is 8.56. The standard InChI is InChI=1S/C20H24N2O2S/c1-12-5-7-16(13(2)9-12)21-19(23)14-6-8-17-15(10-14)11-18(25-17)20(24)22(3)4/h5,7,9,11,14H,6,8,10H2,1-4H3,(H,21,23)/t14-/m1/s1. The number of amides is 2. The molecule has 1 atom stereocenters. The van der Waals surface area contributed by atoms with Crippen molar-refractivity contribution in [2.75, 3.05) is 19.4 Å². The lowest BCUT2D eigenvalue weighted by Crippen LogP contribution is -2.27. The Morgan fingerprint density at radius 2 is 1.96 bits per heavy atom. The molecule has 0 saturated heterocycles. The van der Waals surface area contributed by atoms with Gasteiger partial charge in [-0.05, 0) is 56.4 Å². The molecule has 0 saturated carbocycles. The molecule has 1 aliphatic carbocycles. The lowest BCUT2D eigenvalue weighted by Gasteiger charge is -2.22. The van der Waals surface area contributed by atoms with Crippen LogP contribution in [0.2, 0.25) is 0 Å². The molecule has 1 aromatic heterocycles. The molecule has 1 N–H and O–H groups in total. The molecule has 0 fully saturated rings. The van der Waals surface area contributed by atoms with Gasteiger partial charge in [-0.2, -0.15) is 0 Å². The third kappa shape index (κ3) is 3.76. The molecular formula is C20H24N2O2S. The molecule has 0 bridgehead atoms. The number of fused-ring (bicyclic) bond motifs is 1. The quantitative estimate of drug-likeness (QED) is 0.909. The van der Waals surface area contributed by atoms with Gasteiger partial charge < -0.3 is 10.2 Å². The Labute approximate surface area is 152 Å². The lowest BCUT2D eigenvalue weighted by atomic mass is 9.87. The number of rotatable bonds is 3. The summed E-state index contributed by atoms with van der Waals surface area (Å²) in [6.45, 7) is 4.06. The van der Waals surface area contributed by atoms with Crippen LogP contribution in [0.5, 0.6) is 0 Å². The monoisotopic (exact) mass is 356 g/mol. The van der Waals surface area contributed by atoms with Crippen molar-refractivity contribution in [3.05, 3.63) is 50.7 Å². The predicted molar refractivity (Wildman–Crippen MR) is 102 cm³/mol. The van der Waals surface area contributed by atoms with Crippen molar-refractivity contribution in [2.45, 2.75) is 33.1 Å². The van der Waals surface area contributed by atoms with Crippen LogP contribution in [-0.4, -0.2) is 30.8 Å². The number of nitrogens with zero attached hydrogens (tertiary/aromatic N) is 1. The van der Waals surface area contributed by atoms with Gasteiger partial charge in [0.05, 0.1) is 4.88 Å². The van der Waals surface area contributed by atoms with E-state index in [4.69, 9.17) is 0 Å². The van der Waals surface area contributed by atoms with Gasteiger partial charge in [0.1, 0.15) is 0 Å². The molecule has 0 radical (unpaired) electrons. The number of benzene rings is 1. The average Bonchev–Trinajstić information content (AvgIpc) is 2.99. The van der Waals surface area contributed by atoms with Crippen molar-refractivity contribution in [2.24, 2.45) is 5.92 Å². The molecule has 132 valence electrons. The number of carbonyl (C=O) groups excluding carboxylic acids is 2. The molecule has 0 unspecified atom stereocenters. The van der Waals surface area contributed by atoms with Crippen LogP contribution in [0.4, 0.5) is 5.69 Å². The molecule has 5 heteroatoms. The number of anilines is 1. The normalized spacial score (nSPS) is 16.2. The molecule has 1 aromatic carbocycles. The molecule has 1 aliphatic rings. The van der Waals surface area contributed by atoms with Gasteiger partial charge in [0.25, 0.3) is 5.91 Å². The van der Waals surface area contributed by atoms with Crippen LogP contribution in [0.3, 0.4) is 0 Å². The van der Waals surface area contributed by atoms with Crippen LogP contribution in [0.25, 0.3) is 0 Å². The van der Waals surface area contributed by atoms with E-state index >= 15 is 0 Å². The molecular weight excluding hydrogens is 332 g/mol. The Balaban J connectivity index is 1.71. The summed E-state index contributed by atoms with van der Waals surface area (Å²) in [7, 11) is 3.53. The summed E-state index contributed by atoms with van der Waals surface area (Å²) in [4.78, 5) is 28.4. The maximum Gasteiger partial charge on any atom is 0.263 e. The summed E-state index contributed by atoms with van der Waals surface area (Å²) in [5.74, 6) is 0.0742. The Bertz CT molecular complexity index is 823. The third-order valence-corrected chi connectivity index (χ3v) is 5.94. The van der Waals surface area contributed by atoms with Crippen molar-refractivity contribution >= 4 is 28.8 Å². The van der Waals surface area contributed by atoms with Crippen molar-refractivity contribution in [1.82, 2.24) is 4.90 Å². The zero-order valence-electron chi connectivity index (χ0n) is 15.2. The Morgan fingerprint density at radius 1 is 1.20 bits per heavy atom. The maximum absolute atomic E-state index is 12.7. The summed E-state index contributed by atoms with van der Waals surface area (Å²) >= 11 is 1.57. The fourth-order valence-corrected chi connectivity index (χ4v) is 4.49. The van der Waals surface area contributed by atoms with Crippen LogP contribution < -0.4 is 5.32 Å². The van der Waals surface area contributed by atoms with E-state index in [-0.39, 0.29) is 17.7 Å². The minimum Gasteiger partial charge on any atom is -0.344 e. The van der Waals surface area contributed by atoms with Crippen molar-refractivity contribution in [3.8, 4) is 0 Å². The van der Waals surface area contributed by atoms with E-state index in [2.05, 4.69) is 11.4 Å². The summed E-state index contributed by atoms with van der Waals surface area (Å²) in [5, 5.41) is 3.08. The van der Waals surface area contributed by atoms with Gasteiger partial charge in [-0.1, -0.05) is 17.7 Å². The van der Waals surface area contributed by atoms with Gasteiger partial charge in [-0.25, -0.2) is 0 Å². The fourth-order valence-electron chi connectivity index (χ4n) is 3.26. The van der Waals surface area contributed by atoms with Crippen LogP contribution in [-0.2, 0) is 17.6 Å². The van der Waals surface area contributed by atoms with Gasteiger partial charge >= 0.3 is 0 Å². The molecule has 0 aliphatic heterocycles. The second-order valence-electron chi connectivity index (χ2n) is 7.01. The van der Waals surface area contributed by atoms with Gasteiger partial charge in [0.15, 0.2) is 0 Å². The summed E-state index contributed by atoms with van der Waals surface area (Å²) in [6, 6.07) is 8.03. The van der Waals surface area contributed by atoms with E-state index in [1.54, 1.807) is 30.3 Å². The second kappa shape index (κ2) is 7.00. The van der Waals surface area contributed by atoms with Crippen LogP contribution >= 0.6 is 11.3 Å². The molecule has 0 spiro atoms. The lowest BCUT2D eigenvalue weighted by molar-refractivity contribution is -0.120. The topological polar surface area (TPSA) is 49.4 Å². The highest BCUT2D eigenvalue weighted by atomic mass is 32.1. The van der Waals surface area contributed by atoms with Gasteiger partial charge in [-0.15, -0.1) is 11.3 Å². The Morgan fingerprint density at radius 3 is 2.64 bits per heavy atom. The van der Waals surface area contributed by atoms with Gasteiger partial charge in [0, 0.05) is 30.6 Å². The van der Waals surface area contributed by atoms with Gasteiger partial charge in [-0.3, -0.25) is 9.59 Å². The Kier molecular flexibility index (Phi) is 4.95. The van der Waals surface area contributed by atoms with Crippen LogP contribution in [0.1, 0.15) is 37.7 Å². The largest absolute Gasteiger partial charge is 0.344 e. The summed E-state index contributed by atoms with van der Waals surface area (Å²) in [5.41, 5.74) is 4.31. The van der Waals surface area contributed by atoms with Gasteiger partial charge in [0.2, 0.25) is 5.91 Å². The molecule has 4 nitrogen and oxygen atoms in total. The minimum atomic E-state index is -0.0369. The first-order chi connectivity index (χ1) is 11.8. The van der Waals surface area contributed by atoms with Crippen molar-refractivity contribution in [1.29, 1.82) is 0 Å². The number of hydrogen-bond acceptors (Lipinski definition) is 3. The number of thiophene rings is 1. The number of hydrogen-bond donors (Lipinski definition) is 1. The first-order valence-corrected chi connectivity index (χ1v) is 9.38. The van der Waals surface area contributed by atoms with Crippen molar-refractivity contribution in [3.63, 3.8) is 0 Å². The highest BCUT2D eigenvalue weighted by Crippen LogP contribution is 2.33. The van der Waals surface area contributed by atoms with E-state index in [0.717, 1.165) is 34.5 Å². The molecule has 1 heterocycles. The van der Waals surface area contributed by atoms with E-state index in [9.17, 15) is 9.59 Å². The predicted octanol–water partition coefficient (Wildman–Crippen LogP) is 3.81. The SMILES string of the molecule is Cc1ccc(NC(=O)[C@@H]2CCc3sc(C(=O)N(C)C)cc3C2)c(C)c1. The van der Waals surface area contributed by atoms with E-state index in [1.807, 2.05) is 32.0 Å². The number of nitrogens with one attached hydrogen (secondary N) is 1. The van der Waals surface area contributed by atoms with E-state index in [1.165, 1.54) is 10.4 Å². The minimum absolute atomic E-state index is 0.0369. The van der Waals surface area contributed by atoms with Crippen LogP contribution in [0.15, 0.2) is 24.3 Å². The molecule has 25 heavy (non-hydrogen) atoms. The third-order valence-electron chi connectivity index (χ3n) is 4.71. The second-order valence-corrected chi connectivity index (χ2v) is 8.14. The fraction of sp³-hybridized carbons (Fsp3) is 0.400. The zero-order chi connectivity index (χ0) is 18.1. The Hall–Kier alpha value is -2.14. The van der Waals surface area contributed by atoms with E-state index in [0.29, 0.717) is 6.42 Å². The average molecular weight is 356 g/mol. The number of carbonyl (C=O) groups is 2. The zero-order valence-corrected chi connectivity index (χ0v) is 16.0. The first kappa shape index (κ1) is 17.7. The molecule has 3 rings (SSSR count). The summed E-state index contributed by atoms with van der Waals surface area (Å²) in [6.07, 6.45) is 2.41.